The second-order valence-electron chi connectivity index (χ2n) is 7.21. The van der Waals surface area contributed by atoms with E-state index in [2.05, 4.69) is 27.0 Å². The van der Waals surface area contributed by atoms with E-state index < -0.39 is 5.97 Å². The van der Waals surface area contributed by atoms with Crippen LogP contribution in [0.5, 0.6) is 5.88 Å². The van der Waals surface area contributed by atoms with Crippen molar-refractivity contribution in [1.29, 1.82) is 0 Å². The maximum atomic E-state index is 11.1. The molecule has 0 unspecified atom stereocenters. The second kappa shape index (κ2) is 7.86. The zero-order valence-corrected chi connectivity index (χ0v) is 15.6. The first kappa shape index (κ1) is 18.3. The molecule has 2 aromatic carbocycles. The number of H-pyrrole nitrogens is 1. The average Bonchev–Trinajstić information content (AvgIpc) is 3.02. The molecule has 0 spiro atoms. The Hall–Kier alpha value is -3.12. The van der Waals surface area contributed by atoms with Gasteiger partial charge in [-0.3, -0.25) is 9.89 Å². The third kappa shape index (κ3) is 3.92. The summed E-state index contributed by atoms with van der Waals surface area (Å²) in [4.78, 5) is 20.9. The van der Waals surface area contributed by atoms with Crippen molar-refractivity contribution in [3.63, 3.8) is 0 Å². The van der Waals surface area contributed by atoms with Crippen LogP contribution in [0.3, 0.4) is 0 Å². The van der Waals surface area contributed by atoms with Gasteiger partial charge < -0.3 is 15.2 Å². The first-order valence-electron chi connectivity index (χ1n) is 9.53. The van der Waals surface area contributed by atoms with Crippen LogP contribution in [0, 0.1) is 0 Å². The van der Waals surface area contributed by atoms with Gasteiger partial charge in [-0.25, -0.2) is 4.79 Å². The predicted octanol–water partition coefficient (Wildman–Crippen LogP) is 4.31. The Balaban J connectivity index is 1.50. The van der Waals surface area contributed by atoms with Gasteiger partial charge >= 0.3 is 5.97 Å². The van der Waals surface area contributed by atoms with Gasteiger partial charge in [-0.2, -0.15) is 0 Å². The summed E-state index contributed by atoms with van der Waals surface area (Å²) in [5.41, 5.74) is 3.36. The zero-order valence-electron chi connectivity index (χ0n) is 15.6. The number of hydrogen-bond acceptors (Lipinski definition) is 4. The monoisotopic (exact) mass is 377 g/mol. The number of carboxylic acid groups (broad SMARTS) is 1. The SMILES string of the molecule is O=C(O)c1ccc2c(C=Nc3ccc(CN4CCCCC4)cc3)c(O)[nH]c2c1. The molecule has 0 radical (unpaired) electrons. The molecule has 0 atom stereocenters. The van der Waals surface area contributed by atoms with Crippen molar-refractivity contribution < 1.29 is 15.0 Å². The van der Waals surface area contributed by atoms with E-state index >= 15 is 0 Å². The molecule has 1 aromatic heterocycles. The second-order valence-corrected chi connectivity index (χ2v) is 7.21. The number of piperidine rings is 1. The summed E-state index contributed by atoms with van der Waals surface area (Å²) >= 11 is 0. The van der Waals surface area contributed by atoms with Crippen molar-refractivity contribution in [2.75, 3.05) is 13.1 Å². The molecule has 4 rings (SSSR count). The summed E-state index contributed by atoms with van der Waals surface area (Å²) in [5, 5.41) is 20.0. The standard InChI is InChI=1S/C22H23N3O3/c26-21-19(18-9-6-16(22(27)28)12-20(18)24-21)13-23-17-7-4-15(5-8-17)14-25-10-2-1-3-11-25/h4-9,12-13,24,26H,1-3,10-11,14H2,(H,27,28). The molecular formula is C22H23N3O3. The number of aromatic nitrogens is 1. The van der Waals surface area contributed by atoms with Crippen LogP contribution in [-0.2, 0) is 6.54 Å². The highest BCUT2D eigenvalue weighted by atomic mass is 16.4. The Kier molecular flexibility index (Phi) is 5.12. The number of nitrogens with zero attached hydrogens (tertiary/aromatic N) is 2. The van der Waals surface area contributed by atoms with Gasteiger partial charge in [0.1, 0.15) is 0 Å². The van der Waals surface area contributed by atoms with E-state index in [1.165, 1.54) is 50.0 Å². The Morgan fingerprint density at radius 3 is 2.57 bits per heavy atom. The molecule has 6 nitrogen and oxygen atoms in total. The molecule has 1 aliphatic heterocycles. The van der Waals surface area contributed by atoms with Crippen LogP contribution in [0.4, 0.5) is 5.69 Å². The van der Waals surface area contributed by atoms with Gasteiger partial charge in [-0.05, 0) is 55.8 Å². The quantitative estimate of drug-likeness (QED) is 0.578. The maximum Gasteiger partial charge on any atom is 0.335 e. The highest BCUT2D eigenvalue weighted by Crippen LogP contribution is 2.27. The third-order valence-corrected chi connectivity index (χ3v) is 5.20. The van der Waals surface area contributed by atoms with Crippen molar-refractivity contribution in [2.45, 2.75) is 25.8 Å². The fourth-order valence-electron chi connectivity index (χ4n) is 3.67. The van der Waals surface area contributed by atoms with Crippen molar-refractivity contribution in [3.05, 3.63) is 59.2 Å². The molecule has 3 aromatic rings. The van der Waals surface area contributed by atoms with Gasteiger partial charge in [0.2, 0.25) is 0 Å². The molecule has 0 aliphatic carbocycles. The summed E-state index contributed by atoms with van der Waals surface area (Å²) in [6.07, 6.45) is 5.51. The van der Waals surface area contributed by atoms with Crippen LogP contribution in [0.1, 0.15) is 40.7 Å². The smallest absolute Gasteiger partial charge is 0.335 e. The lowest BCUT2D eigenvalue weighted by atomic mass is 10.1. The van der Waals surface area contributed by atoms with E-state index in [1.54, 1.807) is 12.3 Å². The lowest BCUT2D eigenvalue weighted by Crippen LogP contribution is -2.28. The van der Waals surface area contributed by atoms with Gasteiger partial charge in [0.25, 0.3) is 0 Å². The highest BCUT2D eigenvalue weighted by molar-refractivity contribution is 6.04. The molecule has 28 heavy (non-hydrogen) atoms. The van der Waals surface area contributed by atoms with Gasteiger partial charge in [0.15, 0.2) is 5.88 Å². The number of fused-ring (bicyclic) bond motifs is 1. The molecule has 1 fully saturated rings. The molecule has 144 valence electrons. The zero-order chi connectivity index (χ0) is 19.5. The molecule has 0 amide bonds. The molecular weight excluding hydrogens is 354 g/mol. The summed E-state index contributed by atoms with van der Waals surface area (Å²) in [6.45, 7) is 3.31. The van der Waals surface area contributed by atoms with E-state index in [0.717, 1.165) is 17.6 Å². The molecule has 1 saturated heterocycles. The van der Waals surface area contributed by atoms with E-state index in [4.69, 9.17) is 5.11 Å². The van der Waals surface area contributed by atoms with Crippen LogP contribution in [-0.4, -0.2) is 45.4 Å². The molecule has 3 N–H and O–H groups in total. The number of carboxylic acids is 1. The van der Waals surface area contributed by atoms with E-state index in [-0.39, 0.29) is 11.4 Å². The number of rotatable bonds is 5. The fraction of sp³-hybridized carbons (Fsp3) is 0.273. The van der Waals surface area contributed by atoms with Crippen molar-refractivity contribution in [3.8, 4) is 5.88 Å². The number of hydrogen-bond donors (Lipinski definition) is 3. The van der Waals surface area contributed by atoms with Crippen LogP contribution in [0.2, 0.25) is 0 Å². The number of aromatic hydroxyl groups is 1. The molecule has 0 bridgehead atoms. The van der Waals surface area contributed by atoms with Crippen molar-refractivity contribution in [1.82, 2.24) is 9.88 Å². The Morgan fingerprint density at radius 1 is 1.11 bits per heavy atom. The van der Waals surface area contributed by atoms with Gasteiger partial charge in [-0.1, -0.05) is 24.6 Å². The minimum Gasteiger partial charge on any atom is -0.494 e. The normalized spacial score (nSPS) is 15.4. The largest absolute Gasteiger partial charge is 0.494 e. The van der Waals surface area contributed by atoms with Crippen LogP contribution in [0.15, 0.2) is 47.5 Å². The molecule has 6 heteroatoms. The molecule has 0 saturated carbocycles. The van der Waals surface area contributed by atoms with Crippen LogP contribution >= 0.6 is 0 Å². The first-order chi connectivity index (χ1) is 13.6. The minimum atomic E-state index is -1.00. The summed E-state index contributed by atoms with van der Waals surface area (Å²) in [5.74, 6) is -1.03. The van der Waals surface area contributed by atoms with Gasteiger partial charge in [0.05, 0.1) is 16.8 Å². The molecule has 2 heterocycles. The third-order valence-electron chi connectivity index (χ3n) is 5.20. The van der Waals surface area contributed by atoms with Crippen molar-refractivity contribution in [2.24, 2.45) is 4.99 Å². The molecule has 1 aliphatic rings. The van der Waals surface area contributed by atoms with E-state index in [9.17, 15) is 9.90 Å². The van der Waals surface area contributed by atoms with Crippen molar-refractivity contribution >= 4 is 28.8 Å². The lowest BCUT2D eigenvalue weighted by Gasteiger charge is -2.26. The lowest BCUT2D eigenvalue weighted by molar-refractivity contribution is 0.0697. The number of aliphatic imine (C=N–C) groups is 1. The topological polar surface area (TPSA) is 88.9 Å². The minimum absolute atomic E-state index is 0.0250. The van der Waals surface area contributed by atoms with Gasteiger partial charge in [0, 0.05) is 23.7 Å². The predicted molar refractivity (Wildman–Crippen MR) is 110 cm³/mol. The highest BCUT2D eigenvalue weighted by Gasteiger charge is 2.12. The number of benzene rings is 2. The summed E-state index contributed by atoms with van der Waals surface area (Å²) in [7, 11) is 0. The average molecular weight is 377 g/mol. The Bertz CT molecular complexity index is 1020. The van der Waals surface area contributed by atoms with Crippen LogP contribution in [0.25, 0.3) is 10.9 Å². The van der Waals surface area contributed by atoms with E-state index in [1.807, 2.05) is 12.1 Å². The number of likely N-dealkylation sites (tertiary alicyclic amines) is 1. The Labute approximate surface area is 163 Å². The number of aromatic carboxylic acids is 1. The number of nitrogens with one attached hydrogen (secondary N) is 1. The fourth-order valence-corrected chi connectivity index (χ4v) is 3.67. The number of aromatic amines is 1. The Morgan fingerprint density at radius 2 is 1.86 bits per heavy atom. The van der Waals surface area contributed by atoms with Gasteiger partial charge in [-0.15, -0.1) is 0 Å². The van der Waals surface area contributed by atoms with E-state index in [0.29, 0.717) is 11.1 Å². The summed E-state index contributed by atoms with van der Waals surface area (Å²) < 4.78 is 0. The summed E-state index contributed by atoms with van der Waals surface area (Å²) in [6, 6.07) is 12.8. The first-order valence-corrected chi connectivity index (χ1v) is 9.53. The number of carbonyl (C=O) groups is 1. The maximum absolute atomic E-state index is 11.1. The van der Waals surface area contributed by atoms with Crippen LogP contribution < -0.4 is 0 Å².